The molecule has 0 fully saturated rings. The van der Waals surface area contributed by atoms with Crippen molar-refractivity contribution in [1.29, 1.82) is 0 Å². The van der Waals surface area contributed by atoms with Crippen molar-refractivity contribution in [3.05, 3.63) is 41.1 Å². The van der Waals surface area contributed by atoms with Gasteiger partial charge >= 0.3 is 11.7 Å². The number of hydrogen-bond acceptors (Lipinski definition) is 6. The zero-order valence-electron chi connectivity index (χ0n) is 12.6. The summed E-state index contributed by atoms with van der Waals surface area (Å²) in [6.07, 6.45) is -4.11. The van der Waals surface area contributed by atoms with E-state index in [-0.39, 0.29) is 4.90 Å². The van der Waals surface area contributed by atoms with Crippen LogP contribution in [0.5, 0.6) is 0 Å². The van der Waals surface area contributed by atoms with Gasteiger partial charge < -0.3 is 19.8 Å². The standard InChI is InChI=1S/C15H19NO6/c1-15(2,3)21-14(19)10-12(18)13(22-16(10)20)11(17)9-7-5-4-6-8-9/h4-8,11-13,17-18H,1-3H3/t11-,12+,13-/m1/s1. The Hall–Kier alpha value is -2.12. The quantitative estimate of drug-likeness (QED) is 0.629. The molecule has 0 aliphatic carbocycles. The number of benzene rings is 1. The van der Waals surface area contributed by atoms with Crippen LogP contribution >= 0.6 is 0 Å². The van der Waals surface area contributed by atoms with Crippen LogP contribution in [0.1, 0.15) is 32.4 Å². The van der Waals surface area contributed by atoms with Crippen LogP contribution in [0.2, 0.25) is 0 Å². The van der Waals surface area contributed by atoms with Gasteiger partial charge in [-0.05, 0) is 26.3 Å². The maximum atomic E-state index is 12.0. The summed E-state index contributed by atoms with van der Waals surface area (Å²) in [6.45, 7) is 4.91. The molecule has 0 radical (unpaired) electrons. The number of aliphatic hydroxyl groups is 2. The lowest BCUT2D eigenvalue weighted by Gasteiger charge is -2.22. The molecule has 22 heavy (non-hydrogen) atoms. The van der Waals surface area contributed by atoms with Crippen molar-refractivity contribution in [2.75, 3.05) is 0 Å². The smallest absolute Gasteiger partial charge is 0.408 e. The molecule has 0 saturated heterocycles. The van der Waals surface area contributed by atoms with Gasteiger partial charge in [0.05, 0.1) is 11.0 Å². The van der Waals surface area contributed by atoms with E-state index in [4.69, 9.17) is 9.57 Å². The zero-order chi connectivity index (χ0) is 16.5. The first kappa shape index (κ1) is 16.3. The summed E-state index contributed by atoms with van der Waals surface area (Å²) in [5.41, 5.74) is -0.930. The van der Waals surface area contributed by atoms with Crippen LogP contribution in [-0.2, 0) is 14.4 Å². The third kappa shape index (κ3) is 3.37. The van der Waals surface area contributed by atoms with Crippen molar-refractivity contribution >= 4 is 11.7 Å². The Labute approximate surface area is 127 Å². The van der Waals surface area contributed by atoms with Gasteiger partial charge in [-0.3, -0.25) is 5.21 Å². The number of hydrogen-bond donors (Lipinski definition) is 2. The Balaban J connectivity index is 2.16. The first-order valence-corrected chi connectivity index (χ1v) is 6.86. The molecule has 1 aliphatic rings. The Morgan fingerprint density at radius 1 is 1.36 bits per heavy atom. The molecule has 1 aliphatic heterocycles. The number of carbonyl (C=O) groups excluding carboxylic acids is 1. The fourth-order valence-corrected chi connectivity index (χ4v) is 2.08. The van der Waals surface area contributed by atoms with Gasteiger partial charge in [-0.15, -0.1) is 0 Å². The number of aliphatic hydroxyl groups excluding tert-OH is 2. The lowest BCUT2D eigenvalue weighted by atomic mass is 9.98. The molecule has 7 nitrogen and oxygen atoms in total. The molecule has 0 amide bonds. The molecule has 1 aromatic rings. The molecule has 7 heteroatoms. The topological polar surface area (TPSA) is 102 Å². The van der Waals surface area contributed by atoms with Crippen molar-refractivity contribution in [2.24, 2.45) is 0 Å². The first-order valence-electron chi connectivity index (χ1n) is 6.86. The second-order valence-electron chi connectivity index (χ2n) is 6.01. The van der Waals surface area contributed by atoms with Gasteiger partial charge in [0.1, 0.15) is 11.7 Å². The average Bonchev–Trinajstić information content (AvgIpc) is 2.72. The Morgan fingerprint density at radius 2 is 1.95 bits per heavy atom. The second kappa shape index (κ2) is 5.94. The van der Waals surface area contributed by atoms with E-state index >= 15 is 0 Å². The van der Waals surface area contributed by atoms with E-state index in [1.165, 1.54) is 0 Å². The van der Waals surface area contributed by atoms with Gasteiger partial charge in [0, 0.05) is 0 Å². The van der Waals surface area contributed by atoms with Crippen molar-refractivity contribution in [3.8, 4) is 0 Å². The van der Waals surface area contributed by atoms with Gasteiger partial charge in [0.25, 0.3) is 0 Å². The summed E-state index contributed by atoms with van der Waals surface area (Å²) in [4.78, 5) is 16.8. The molecule has 0 saturated carbocycles. The number of esters is 1. The third-order valence-electron chi connectivity index (χ3n) is 3.07. The molecule has 120 valence electrons. The normalized spacial score (nSPS) is 23.1. The van der Waals surface area contributed by atoms with Crippen LogP contribution in [0.3, 0.4) is 0 Å². The van der Waals surface area contributed by atoms with E-state index < -0.39 is 35.6 Å². The van der Waals surface area contributed by atoms with Crippen molar-refractivity contribution in [2.45, 2.75) is 44.7 Å². The largest absolute Gasteiger partial charge is 0.452 e. The average molecular weight is 309 g/mol. The summed E-state index contributed by atoms with van der Waals surface area (Å²) in [7, 11) is 0. The molecule has 2 N–H and O–H groups in total. The number of carbonyl (C=O) groups is 1. The van der Waals surface area contributed by atoms with E-state index in [9.17, 15) is 20.2 Å². The fraction of sp³-hybridized carbons (Fsp3) is 0.467. The SMILES string of the molecule is CC(C)(C)OC(=O)C1=[N+]([O-])O[C@H]([C@H](O)c2ccccc2)[C@H]1O. The highest BCUT2D eigenvalue weighted by Gasteiger charge is 2.48. The van der Waals surface area contributed by atoms with E-state index in [1.54, 1.807) is 51.1 Å². The molecule has 1 aromatic carbocycles. The highest BCUT2D eigenvalue weighted by Crippen LogP contribution is 2.26. The van der Waals surface area contributed by atoms with E-state index in [2.05, 4.69) is 0 Å². The lowest BCUT2D eigenvalue weighted by Crippen LogP contribution is -2.40. The van der Waals surface area contributed by atoms with Gasteiger partial charge in [-0.25, -0.2) is 4.79 Å². The molecule has 3 atom stereocenters. The van der Waals surface area contributed by atoms with Crippen LogP contribution in [-0.4, -0.2) is 44.6 Å². The summed E-state index contributed by atoms with van der Waals surface area (Å²) in [5.74, 6) is -0.974. The highest BCUT2D eigenvalue weighted by molar-refractivity contribution is 6.36. The first-order chi connectivity index (χ1) is 10.2. The summed E-state index contributed by atoms with van der Waals surface area (Å²) >= 11 is 0. The Morgan fingerprint density at radius 3 is 2.50 bits per heavy atom. The minimum Gasteiger partial charge on any atom is -0.452 e. The van der Waals surface area contributed by atoms with Gasteiger partial charge in [0.2, 0.25) is 0 Å². The predicted octanol–water partition coefficient (Wildman–Crippen LogP) is 0.688. The summed E-state index contributed by atoms with van der Waals surface area (Å²) < 4.78 is 5.06. The van der Waals surface area contributed by atoms with Crippen molar-refractivity contribution < 1.29 is 29.5 Å². The molecule has 0 aromatic heterocycles. The van der Waals surface area contributed by atoms with E-state index in [0.29, 0.717) is 5.56 Å². The number of nitrogens with zero attached hydrogens (tertiary/aromatic N) is 1. The van der Waals surface area contributed by atoms with Crippen LogP contribution in [0.4, 0.5) is 0 Å². The zero-order valence-corrected chi connectivity index (χ0v) is 12.6. The molecule has 1 heterocycles. The number of rotatable bonds is 3. The van der Waals surface area contributed by atoms with Crippen molar-refractivity contribution in [3.63, 3.8) is 0 Å². The van der Waals surface area contributed by atoms with Crippen LogP contribution in [0.25, 0.3) is 0 Å². The Kier molecular flexibility index (Phi) is 4.39. The lowest BCUT2D eigenvalue weighted by molar-refractivity contribution is -0.742. The third-order valence-corrected chi connectivity index (χ3v) is 3.07. The number of ether oxygens (including phenoxy) is 1. The maximum absolute atomic E-state index is 12.0. The predicted molar refractivity (Wildman–Crippen MR) is 76.8 cm³/mol. The molecule has 0 bridgehead atoms. The van der Waals surface area contributed by atoms with Crippen LogP contribution in [0.15, 0.2) is 30.3 Å². The molecule has 0 spiro atoms. The molecular formula is C15H19NO6. The minimum atomic E-state index is -1.58. The van der Waals surface area contributed by atoms with Crippen LogP contribution in [0, 0.1) is 5.21 Å². The molecule has 2 rings (SSSR count). The molecular weight excluding hydrogens is 290 g/mol. The fourth-order valence-electron chi connectivity index (χ4n) is 2.08. The maximum Gasteiger partial charge on any atom is 0.408 e. The highest BCUT2D eigenvalue weighted by atomic mass is 16.9. The van der Waals surface area contributed by atoms with Gasteiger partial charge in [-0.1, -0.05) is 30.3 Å². The van der Waals surface area contributed by atoms with Gasteiger partial charge in [0.15, 0.2) is 6.10 Å². The monoisotopic (exact) mass is 309 g/mol. The molecule has 0 unspecified atom stereocenters. The minimum absolute atomic E-state index is 0.0877. The summed E-state index contributed by atoms with van der Waals surface area (Å²) in [6, 6.07) is 8.42. The van der Waals surface area contributed by atoms with Gasteiger partial charge in [-0.2, -0.15) is 0 Å². The van der Waals surface area contributed by atoms with Crippen molar-refractivity contribution in [1.82, 2.24) is 0 Å². The Bertz CT molecular complexity index is 577. The van der Waals surface area contributed by atoms with Crippen LogP contribution < -0.4 is 0 Å². The van der Waals surface area contributed by atoms with E-state index in [1.807, 2.05) is 0 Å². The van der Waals surface area contributed by atoms with E-state index in [0.717, 1.165) is 0 Å². The second-order valence-corrected chi connectivity index (χ2v) is 6.01. The summed E-state index contributed by atoms with van der Waals surface area (Å²) in [5, 5.41) is 32.1.